The highest BCUT2D eigenvalue weighted by Crippen LogP contribution is 2.31. The van der Waals surface area contributed by atoms with Gasteiger partial charge in [-0.3, -0.25) is 0 Å². The summed E-state index contributed by atoms with van der Waals surface area (Å²) in [5.74, 6) is 0.945. The van der Waals surface area contributed by atoms with Gasteiger partial charge in [-0.25, -0.2) is 4.98 Å². The molecule has 3 aromatic rings. The number of fused-ring (bicyclic) bond motifs is 1. The van der Waals surface area contributed by atoms with E-state index in [1.54, 1.807) is 0 Å². The lowest BCUT2D eigenvalue weighted by atomic mass is 10.1. The van der Waals surface area contributed by atoms with Crippen molar-refractivity contribution in [3.05, 3.63) is 53.6 Å². The molecule has 1 aromatic heterocycles. The van der Waals surface area contributed by atoms with Crippen molar-refractivity contribution in [2.24, 2.45) is 0 Å². The van der Waals surface area contributed by atoms with Crippen molar-refractivity contribution in [2.45, 2.75) is 12.1 Å². The quantitative estimate of drug-likeness (QED) is 0.664. The van der Waals surface area contributed by atoms with E-state index in [0.717, 1.165) is 23.3 Å². The maximum Gasteiger partial charge on any atom is 0.416 e. The number of rotatable bonds is 2. The Balaban J connectivity index is 2.04. The number of benzene rings is 2. The molecule has 1 heterocycles. The van der Waals surface area contributed by atoms with Crippen molar-refractivity contribution in [3.63, 3.8) is 0 Å². The van der Waals surface area contributed by atoms with Crippen LogP contribution in [0.25, 0.3) is 22.4 Å². The number of aromatic amines is 1. The minimum absolute atomic E-state index is 0.362. The molecule has 0 atom stereocenters. The Kier molecular flexibility index (Phi) is 3.37. The molecule has 0 spiro atoms. The van der Waals surface area contributed by atoms with E-state index in [1.165, 1.54) is 6.07 Å². The van der Waals surface area contributed by atoms with E-state index >= 15 is 0 Å². The van der Waals surface area contributed by atoms with Crippen molar-refractivity contribution in [2.75, 3.05) is 0 Å². The number of alkyl halides is 4. The van der Waals surface area contributed by atoms with Crippen molar-refractivity contribution in [1.29, 1.82) is 0 Å². The van der Waals surface area contributed by atoms with E-state index < -0.39 is 11.7 Å². The summed E-state index contributed by atoms with van der Waals surface area (Å²) < 4.78 is 38.0. The second-order valence-corrected chi connectivity index (χ2v) is 4.91. The second kappa shape index (κ2) is 5.07. The Labute approximate surface area is 123 Å². The highest BCUT2D eigenvalue weighted by molar-refractivity contribution is 6.17. The highest BCUT2D eigenvalue weighted by atomic mass is 35.5. The third-order valence-corrected chi connectivity index (χ3v) is 3.50. The van der Waals surface area contributed by atoms with E-state index in [9.17, 15) is 13.2 Å². The molecule has 0 unspecified atom stereocenters. The number of H-pyrrole nitrogens is 1. The van der Waals surface area contributed by atoms with Crippen molar-refractivity contribution < 1.29 is 13.2 Å². The molecule has 0 saturated carbocycles. The molecule has 0 amide bonds. The molecule has 0 saturated heterocycles. The first-order valence-electron chi connectivity index (χ1n) is 6.19. The van der Waals surface area contributed by atoms with Gasteiger partial charge in [0, 0.05) is 11.4 Å². The fraction of sp³-hybridized carbons (Fsp3) is 0.133. The monoisotopic (exact) mass is 310 g/mol. The summed E-state index contributed by atoms with van der Waals surface area (Å²) in [5, 5.41) is 0. The number of hydrogen-bond acceptors (Lipinski definition) is 1. The molecule has 1 N–H and O–H groups in total. The Morgan fingerprint density at radius 1 is 1.05 bits per heavy atom. The third kappa shape index (κ3) is 2.74. The van der Waals surface area contributed by atoms with Gasteiger partial charge in [-0.1, -0.05) is 24.3 Å². The van der Waals surface area contributed by atoms with Gasteiger partial charge in [-0.05, 0) is 23.8 Å². The Morgan fingerprint density at radius 3 is 2.38 bits per heavy atom. The molecule has 2 aromatic carbocycles. The SMILES string of the molecule is FC(F)(F)c1ccc2nc(-c3ccc(CCl)cc3)[nH]c2c1. The first-order chi connectivity index (χ1) is 9.97. The summed E-state index contributed by atoms with van der Waals surface area (Å²) in [7, 11) is 0. The van der Waals surface area contributed by atoms with Gasteiger partial charge in [-0.15, -0.1) is 11.6 Å². The van der Waals surface area contributed by atoms with Gasteiger partial charge >= 0.3 is 6.18 Å². The summed E-state index contributed by atoms with van der Waals surface area (Å²) in [4.78, 5) is 7.22. The van der Waals surface area contributed by atoms with E-state index in [4.69, 9.17) is 11.6 Å². The maximum absolute atomic E-state index is 12.7. The van der Waals surface area contributed by atoms with Crippen LogP contribution in [0.1, 0.15) is 11.1 Å². The van der Waals surface area contributed by atoms with Gasteiger partial charge in [0.2, 0.25) is 0 Å². The summed E-state index contributed by atoms with van der Waals surface area (Å²) in [6, 6.07) is 10.8. The number of halogens is 4. The van der Waals surface area contributed by atoms with Gasteiger partial charge in [0.25, 0.3) is 0 Å². The van der Waals surface area contributed by atoms with Crippen LogP contribution in [-0.4, -0.2) is 9.97 Å². The lowest BCUT2D eigenvalue weighted by Crippen LogP contribution is -2.04. The van der Waals surface area contributed by atoms with Crippen LogP contribution >= 0.6 is 11.6 Å². The van der Waals surface area contributed by atoms with Crippen molar-refractivity contribution in [1.82, 2.24) is 9.97 Å². The summed E-state index contributed by atoms with van der Waals surface area (Å²) in [5.41, 5.74) is 1.94. The molecule has 6 heteroatoms. The predicted octanol–water partition coefficient (Wildman–Crippen LogP) is 4.99. The van der Waals surface area contributed by atoms with Crippen molar-refractivity contribution in [3.8, 4) is 11.4 Å². The summed E-state index contributed by atoms with van der Waals surface area (Å²) >= 11 is 5.72. The minimum atomic E-state index is -4.36. The zero-order valence-corrected chi connectivity index (χ0v) is 11.5. The maximum atomic E-state index is 12.7. The second-order valence-electron chi connectivity index (χ2n) is 4.65. The Hall–Kier alpha value is -2.01. The van der Waals surface area contributed by atoms with Gasteiger partial charge < -0.3 is 4.98 Å². The van der Waals surface area contributed by atoms with Crippen molar-refractivity contribution >= 4 is 22.6 Å². The topological polar surface area (TPSA) is 28.7 Å². The number of nitrogens with one attached hydrogen (secondary N) is 1. The van der Waals surface area contributed by atoms with Gasteiger partial charge in [0.15, 0.2) is 0 Å². The molecule has 0 aliphatic rings. The highest BCUT2D eigenvalue weighted by Gasteiger charge is 2.30. The largest absolute Gasteiger partial charge is 0.416 e. The molecule has 0 fully saturated rings. The number of aromatic nitrogens is 2. The Morgan fingerprint density at radius 2 is 1.76 bits per heavy atom. The van der Waals surface area contributed by atoms with Crippen LogP contribution in [0.3, 0.4) is 0 Å². The van der Waals surface area contributed by atoms with Crippen LogP contribution < -0.4 is 0 Å². The number of imidazole rings is 1. The van der Waals surface area contributed by atoms with Crippen LogP contribution in [0.15, 0.2) is 42.5 Å². The lowest BCUT2D eigenvalue weighted by molar-refractivity contribution is -0.137. The van der Waals surface area contributed by atoms with Gasteiger partial charge in [0.05, 0.1) is 16.6 Å². The average Bonchev–Trinajstić information content (AvgIpc) is 2.89. The fourth-order valence-corrected chi connectivity index (χ4v) is 2.25. The molecule has 0 aliphatic carbocycles. The molecular weight excluding hydrogens is 301 g/mol. The summed E-state index contributed by atoms with van der Waals surface area (Å²) in [6.07, 6.45) is -4.36. The first kappa shape index (κ1) is 13.9. The third-order valence-electron chi connectivity index (χ3n) is 3.19. The molecular formula is C15H10ClF3N2. The normalized spacial score (nSPS) is 12.0. The average molecular weight is 311 g/mol. The van der Waals surface area contributed by atoms with E-state index in [0.29, 0.717) is 22.7 Å². The molecule has 0 aliphatic heterocycles. The lowest BCUT2D eigenvalue weighted by Gasteiger charge is -2.05. The van der Waals surface area contributed by atoms with Gasteiger partial charge in [-0.2, -0.15) is 13.2 Å². The Bertz CT molecular complexity index is 776. The van der Waals surface area contributed by atoms with Crippen LogP contribution in [0.4, 0.5) is 13.2 Å². The predicted molar refractivity (Wildman–Crippen MR) is 76.1 cm³/mol. The molecule has 3 rings (SSSR count). The van der Waals surface area contributed by atoms with E-state index in [2.05, 4.69) is 9.97 Å². The smallest absolute Gasteiger partial charge is 0.338 e. The molecule has 0 bridgehead atoms. The van der Waals surface area contributed by atoms with E-state index in [1.807, 2.05) is 24.3 Å². The number of hydrogen-bond donors (Lipinski definition) is 1. The zero-order valence-electron chi connectivity index (χ0n) is 10.7. The molecule has 108 valence electrons. The fourth-order valence-electron chi connectivity index (χ4n) is 2.07. The van der Waals surface area contributed by atoms with Gasteiger partial charge in [0.1, 0.15) is 5.82 Å². The first-order valence-corrected chi connectivity index (χ1v) is 6.73. The summed E-state index contributed by atoms with van der Waals surface area (Å²) in [6.45, 7) is 0. The standard InChI is InChI=1S/C15H10ClF3N2/c16-8-9-1-3-10(4-2-9)14-20-12-6-5-11(15(17,18)19)7-13(12)21-14/h1-7H,8H2,(H,20,21). The van der Waals surface area contributed by atoms with Crippen LogP contribution in [0, 0.1) is 0 Å². The van der Waals surface area contributed by atoms with E-state index in [-0.39, 0.29) is 0 Å². The molecule has 2 nitrogen and oxygen atoms in total. The van der Waals surface area contributed by atoms with Crippen LogP contribution in [0.2, 0.25) is 0 Å². The van der Waals surface area contributed by atoms with Crippen LogP contribution in [0.5, 0.6) is 0 Å². The minimum Gasteiger partial charge on any atom is -0.338 e. The number of nitrogens with zero attached hydrogens (tertiary/aromatic N) is 1. The molecule has 21 heavy (non-hydrogen) atoms. The van der Waals surface area contributed by atoms with Crippen LogP contribution in [-0.2, 0) is 12.1 Å². The zero-order chi connectivity index (χ0) is 15.0. The molecule has 0 radical (unpaired) electrons.